The first-order valence-electron chi connectivity index (χ1n) is 9.37. The number of nitrogens with two attached hydrogens (primary N) is 1. The summed E-state index contributed by atoms with van der Waals surface area (Å²) in [6, 6.07) is 17.1. The van der Waals surface area contributed by atoms with E-state index in [0.717, 1.165) is 42.8 Å². The van der Waals surface area contributed by atoms with Gasteiger partial charge in [-0.2, -0.15) is 0 Å². The van der Waals surface area contributed by atoms with Crippen molar-refractivity contribution in [3.8, 4) is 11.1 Å². The molecular weight excluding hydrogens is 339 g/mol. The van der Waals surface area contributed by atoms with Gasteiger partial charge in [0.1, 0.15) is 5.82 Å². The van der Waals surface area contributed by atoms with Crippen molar-refractivity contribution in [1.29, 1.82) is 0 Å². The molecule has 138 valence electrons. The van der Waals surface area contributed by atoms with Crippen LogP contribution < -0.4 is 5.73 Å². The molecule has 1 aromatic heterocycles. The molecule has 1 saturated heterocycles. The van der Waals surface area contributed by atoms with Crippen molar-refractivity contribution >= 4 is 5.95 Å². The van der Waals surface area contributed by atoms with Crippen molar-refractivity contribution in [2.75, 3.05) is 12.3 Å². The van der Waals surface area contributed by atoms with Crippen molar-refractivity contribution < 1.29 is 4.39 Å². The van der Waals surface area contributed by atoms with Crippen molar-refractivity contribution in [3.05, 3.63) is 77.9 Å². The zero-order valence-electron chi connectivity index (χ0n) is 15.2. The molecule has 2 heterocycles. The van der Waals surface area contributed by atoms with Gasteiger partial charge in [-0.3, -0.25) is 4.90 Å². The van der Waals surface area contributed by atoms with E-state index in [4.69, 9.17) is 5.73 Å². The zero-order chi connectivity index (χ0) is 18.6. The SMILES string of the molecule is Nc1ncc(-c2ccc(F)cc2)c([C@H]2CCCCN2Cc2ccccc2)n1. The lowest BCUT2D eigenvalue weighted by Gasteiger charge is -2.36. The molecule has 2 aromatic carbocycles. The third-order valence-electron chi connectivity index (χ3n) is 5.15. The van der Waals surface area contributed by atoms with E-state index in [2.05, 4.69) is 39.1 Å². The maximum Gasteiger partial charge on any atom is 0.220 e. The molecule has 4 rings (SSSR count). The summed E-state index contributed by atoms with van der Waals surface area (Å²) in [5, 5.41) is 0. The fraction of sp³-hybridized carbons (Fsp3) is 0.273. The highest BCUT2D eigenvalue weighted by molar-refractivity contribution is 5.66. The Hall–Kier alpha value is -2.79. The van der Waals surface area contributed by atoms with E-state index in [1.807, 2.05) is 6.07 Å². The molecule has 1 atom stereocenters. The van der Waals surface area contributed by atoms with Crippen LogP contribution in [0.15, 0.2) is 60.8 Å². The predicted octanol–water partition coefficient (Wildman–Crippen LogP) is 4.59. The molecule has 5 heteroatoms. The van der Waals surface area contributed by atoms with Gasteiger partial charge in [0.2, 0.25) is 5.95 Å². The van der Waals surface area contributed by atoms with E-state index in [1.54, 1.807) is 18.3 Å². The van der Waals surface area contributed by atoms with E-state index in [0.29, 0.717) is 0 Å². The minimum absolute atomic E-state index is 0.171. The van der Waals surface area contributed by atoms with E-state index < -0.39 is 0 Å². The van der Waals surface area contributed by atoms with Crippen LogP contribution in [-0.4, -0.2) is 21.4 Å². The molecular formula is C22H23FN4. The third-order valence-corrected chi connectivity index (χ3v) is 5.15. The zero-order valence-corrected chi connectivity index (χ0v) is 15.2. The highest BCUT2D eigenvalue weighted by atomic mass is 19.1. The Bertz CT molecular complexity index is 896. The Morgan fingerprint density at radius 1 is 1.04 bits per heavy atom. The van der Waals surface area contributed by atoms with E-state index in [-0.39, 0.29) is 17.8 Å². The molecule has 2 N–H and O–H groups in total. The first-order valence-corrected chi connectivity index (χ1v) is 9.37. The Morgan fingerprint density at radius 3 is 2.59 bits per heavy atom. The average Bonchev–Trinajstić information content (AvgIpc) is 2.70. The molecule has 3 aromatic rings. The normalized spacial score (nSPS) is 17.7. The predicted molar refractivity (Wildman–Crippen MR) is 105 cm³/mol. The Morgan fingerprint density at radius 2 is 1.81 bits per heavy atom. The molecule has 0 unspecified atom stereocenters. The molecule has 0 spiro atoms. The largest absolute Gasteiger partial charge is 0.368 e. The number of hydrogen-bond donors (Lipinski definition) is 1. The van der Waals surface area contributed by atoms with Crippen LogP contribution in [0.25, 0.3) is 11.1 Å². The van der Waals surface area contributed by atoms with Gasteiger partial charge in [0.25, 0.3) is 0 Å². The van der Waals surface area contributed by atoms with Crippen LogP contribution in [0.5, 0.6) is 0 Å². The van der Waals surface area contributed by atoms with Crippen LogP contribution in [0.4, 0.5) is 10.3 Å². The molecule has 27 heavy (non-hydrogen) atoms. The summed E-state index contributed by atoms with van der Waals surface area (Å²) in [6.45, 7) is 1.89. The number of benzene rings is 2. The van der Waals surface area contributed by atoms with Gasteiger partial charge in [-0.05, 0) is 42.6 Å². The van der Waals surface area contributed by atoms with Crippen LogP contribution in [0.1, 0.15) is 36.6 Å². The summed E-state index contributed by atoms with van der Waals surface area (Å²) < 4.78 is 13.4. The second-order valence-electron chi connectivity index (χ2n) is 7.00. The summed E-state index contributed by atoms with van der Waals surface area (Å²) in [5.41, 5.74) is 9.99. The van der Waals surface area contributed by atoms with Gasteiger partial charge in [-0.15, -0.1) is 0 Å². The van der Waals surface area contributed by atoms with Gasteiger partial charge in [0.05, 0.1) is 11.7 Å². The smallest absolute Gasteiger partial charge is 0.220 e. The van der Waals surface area contributed by atoms with Crippen LogP contribution in [-0.2, 0) is 6.54 Å². The van der Waals surface area contributed by atoms with Crippen LogP contribution in [0.3, 0.4) is 0 Å². The lowest BCUT2D eigenvalue weighted by molar-refractivity contribution is 0.137. The molecule has 0 bridgehead atoms. The number of nitrogens with zero attached hydrogens (tertiary/aromatic N) is 3. The number of anilines is 1. The molecule has 4 nitrogen and oxygen atoms in total. The molecule has 0 radical (unpaired) electrons. The number of aromatic nitrogens is 2. The fourth-order valence-electron chi connectivity index (χ4n) is 3.82. The Kier molecular flexibility index (Phi) is 5.12. The molecule has 0 aliphatic carbocycles. The number of likely N-dealkylation sites (tertiary alicyclic amines) is 1. The van der Waals surface area contributed by atoms with Crippen LogP contribution >= 0.6 is 0 Å². The second kappa shape index (κ2) is 7.84. The third kappa shape index (κ3) is 3.98. The number of piperidine rings is 1. The maximum atomic E-state index is 13.4. The molecule has 1 fully saturated rings. The number of hydrogen-bond acceptors (Lipinski definition) is 4. The monoisotopic (exact) mass is 362 g/mol. The van der Waals surface area contributed by atoms with Crippen LogP contribution in [0.2, 0.25) is 0 Å². The van der Waals surface area contributed by atoms with Gasteiger partial charge in [-0.25, -0.2) is 14.4 Å². The van der Waals surface area contributed by atoms with Crippen molar-refractivity contribution in [1.82, 2.24) is 14.9 Å². The maximum absolute atomic E-state index is 13.4. The van der Waals surface area contributed by atoms with Gasteiger partial charge < -0.3 is 5.73 Å². The second-order valence-corrected chi connectivity index (χ2v) is 7.00. The molecule has 1 aliphatic heterocycles. The quantitative estimate of drug-likeness (QED) is 0.737. The van der Waals surface area contributed by atoms with Gasteiger partial charge >= 0.3 is 0 Å². The highest BCUT2D eigenvalue weighted by Crippen LogP contribution is 2.36. The van der Waals surface area contributed by atoms with Gasteiger partial charge in [0, 0.05) is 18.3 Å². The lowest BCUT2D eigenvalue weighted by Crippen LogP contribution is -2.34. The summed E-state index contributed by atoms with van der Waals surface area (Å²) in [5.74, 6) is 0.0288. The van der Waals surface area contributed by atoms with E-state index >= 15 is 0 Å². The van der Waals surface area contributed by atoms with Gasteiger partial charge in [-0.1, -0.05) is 48.9 Å². The number of halogens is 1. The van der Waals surface area contributed by atoms with Crippen molar-refractivity contribution in [2.45, 2.75) is 31.8 Å². The van der Waals surface area contributed by atoms with Crippen molar-refractivity contribution in [3.63, 3.8) is 0 Å². The minimum Gasteiger partial charge on any atom is -0.368 e. The fourth-order valence-corrected chi connectivity index (χ4v) is 3.82. The van der Waals surface area contributed by atoms with E-state index in [1.165, 1.54) is 24.1 Å². The Labute approximate surface area is 158 Å². The lowest BCUT2D eigenvalue weighted by atomic mass is 9.93. The summed E-state index contributed by atoms with van der Waals surface area (Å²) >= 11 is 0. The summed E-state index contributed by atoms with van der Waals surface area (Å²) in [7, 11) is 0. The molecule has 0 saturated carbocycles. The minimum atomic E-state index is -0.250. The number of nitrogen functional groups attached to an aromatic ring is 1. The first-order chi connectivity index (χ1) is 13.2. The number of rotatable bonds is 4. The molecule has 1 aliphatic rings. The van der Waals surface area contributed by atoms with Gasteiger partial charge in [0.15, 0.2) is 0 Å². The Balaban J connectivity index is 1.71. The highest BCUT2D eigenvalue weighted by Gasteiger charge is 2.28. The van der Waals surface area contributed by atoms with E-state index in [9.17, 15) is 4.39 Å². The van der Waals surface area contributed by atoms with Crippen molar-refractivity contribution in [2.24, 2.45) is 0 Å². The standard InChI is InChI=1S/C22H23FN4/c23-18-11-9-17(10-12-18)19-14-25-22(24)26-21(19)20-8-4-5-13-27(20)15-16-6-2-1-3-7-16/h1-3,6-7,9-12,14,20H,4-5,8,13,15H2,(H2,24,25,26)/t20-/m1/s1. The van der Waals surface area contributed by atoms with Crippen LogP contribution in [0, 0.1) is 5.82 Å². The summed E-state index contributed by atoms with van der Waals surface area (Å²) in [4.78, 5) is 11.3. The first kappa shape index (κ1) is 17.6. The average molecular weight is 362 g/mol. The topological polar surface area (TPSA) is 55.0 Å². The molecule has 0 amide bonds. The summed E-state index contributed by atoms with van der Waals surface area (Å²) in [6.07, 6.45) is 5.12.